The van der Waals surface area contributed by atoms with Gasteiger partial charge < -0.3 is 24.1 Å². The zero-order valence-electron chi connectivity index (χ0n) is 15.5. The Labute approximate surface area is 158 Å². The minimum Gasteiger partial charge on any atom is -0.493 e. The predicted octanol–water partition coefficient (Wildman–Crippen LogP) is 2.62. The maximum Gasteiger partial charge on any atom is 0.231 e. The van der Waals surface area contributed by atoms with Crippen LogP contribution in [0.5, 0.6) is 23.0 Å². The molecule has 0 radical (unpaired) electrons. The molecule has 0 bridgehead atoms. The lowest BCUT2D eigenvalue weighted by molar-refractivity contribution is 0.0994. The summed E-state index contributed by atoms with van der Waals surface area (Å²) in [7, 11) is 3.32. The summed E-state index contributed by atoms with van der Waals surface area (Å²) in [4.78, 5) is 2.43. The number of aliphatic hydroxyl groups excluding tert-OH is 1. The molecule has 6 nitrogen and oxygen atoms in total. The van der Waals surface area contributed by atoms with Gasteiger partial charge in [0.1, 0.15) is 0 Å². The van der Waals surface area contributed by atoms with Crippen molar-refractivity contribution in [1.29, 1.82) is 0 Å². The fourth-order valence-electron chi connectivity index (χ4n) is 4.80. The minimum absolute atomic E-state index is 0.0274. The first-order chi connectivity index (χ1) is 13.2. The molecule has 2 atom stereocenters. The average molecular weight is 369 g/mol. The van der Waals surface area contributed by atoms with Gasteiger partial charge in [-0.05, 0) is 41.3 Å². The van der Waals surface area contributed by atoms with Crippen LogP contribution in [0.25, 0.3) is 0 Å². The van der Waals surface area contributed by atoms with Crippen LogP contribution in [-0.4, -0.2) is 44.2 Å². The maximum atomic E-state index is 10.3. The Balaban J connectivity index is 1.64. The molecular weight excluding hydrogens is 346 g/mol. The number of hydrogen-bond donors (Lipinski definition) is 1. The van der Waals surface area contributed by atoms with Crippen LogP contribution in [0.3, 0.4) is 0 Å². The lowest BCUT2D eigenvalue weighted by atomic mass is 9.76. The summed E-state index contributed by atoms with van der Waals surface area (Å²) in [5.74, 6) is 3.09. The molecule has 0 spiro atoms. The minimum atomic E-state index is -0.0274. The SMILES string of the molecule is COc1cc2c(cc1OC)[C@H]1[C@H](CO)c3ccc4c(c3CN1CC2)OCO4. The Kier molecular flexibility index (Phi) is 3.91. The highest BCUT2D eigenvalue weighted by Crippen LogP contribution is 2.51. The van der Waals surface area contributed by atoms with Gasteiger partial charge in [0, 0.05) is 30.6 Å². The van der Waals surface area contributed by atoms with E-state index < -0.39 is 0 Å². The van der Waals surface area contributed by atoms with Gasteiger partial charge in [0.25, 0.3) is 0 Å². The maximum absolute atomic E-state index is 10.3. The molecule has 2 aromatic carbocycles. The van der Waals surface area contributed by atoms with Gasteiger partial charge in [-0.25, -0.2) is 0 Å². The third-order valence-electron chi connectivity index (χ3n) is 6.04. The molecule has 142 valence electrons. The smallest absolute Gasteiger partial charge is 0.231 e. The van der Waals surface area contributed by atoms with Gasteiger partial charge in [0.2, 0.25) is 6.79 Å². The molecule has 0 fully saturated rings. The molecule has 0 aromatic heterocycles. The van der Waals surface area contributed by atoms with Crippen molar-refractivity contribution >= 4 is 0 Å². The summed E-state index contributed by atoms with van der Waals surface area (Å²) in [6.07, 6.45) is 0.937. The van der Waals surface area contributed by atoms with Crippen molar-refractivity contribution in [2.75, 3.05) is 34.2 Å². The zero-order valence-corrected chi connectivity index (χ0v) is 15.5. The third kappa shape index (κ3) is 2.40. The molecule has 1 N–H and O–H groups in total. The molecule has 0 aliphatic carbocycles. The van der Waals surface area contributed by atoms with Crippen LogP contribution in [0.2, 0.25) is 0 Å². The molecule has 6 heteroatoms. The molecule has 0 saturated carbocycles. The molecule has 0 unspecified atom stereocenters. The fourth-order valence-corrected chi connectivity index (χ4v) is 4.80. The highest BCUT2D eigenvalue weighted by atomic mass is 16.7. The van der Waals surface area contributed by atoms with Crippen molar-refractivity contribution in [2.24, 2.45) is 0 Å². The number of ether oxygens (including phenoxy) is 4. The van der Waals surface area contributed by atoms with E-state index in [4.69, 9.17) is 18.9 Å². The second-order valence-corrected chi connectivity index (χ2v) is 7.23. The van der Waals surface area contributed by atoms with E-state index in [1.807, 2.05) is 6.07 Å². The van der Waals surface area contributed by atoms with E-state index in [1.165, 1.54) is 11.1 Å². The van der Waals surface area contributed by atoms with Crippen LogP contribution in [0.15, 0.2) is 24.3 Å². The molecule has 0 amide bonds. The Morgan fingerprint density at radius 3 is 2.70 bits per heavy atom. The molecule has 0 saturated heterocycles. The van der Waals surface area contributed by atoms with E-state index in [0.29, 0.717) is 0 Å². The monoisotopic (exact) mass is 369 g/mol. The first-order valence-electron chi connectivity index (χ1n) is 9.26. The number of rotatable bonds is 3. The quantitative estimate of drug-likeness (QED) is 0.898. The van der Waals surface area contributed by atoms with Gasteiger partial charge in [-0.3, -0.25) is 4.90 Å². The highest BCUT2D eigenvalue weighted by Gasteiger charge is 2.41. The van der Waals surface area contributed by atoms with E-state index in [9.17, 15) is 5.11 Å². The van der Waals surface area contributed by atoms with E-state index >= 15 is 0 Å². The number of methoxy groups -OCH3 is 2. The van der Waals surface area contributed by atoms with E-state index in [2.05, 4.69) is 23.1 Å². The summed E-state index contributed by atoms with van der Waals surface area (Å²) in [5.41, 5.74) is 4.76. The fraction of sp³-hybridized carbons (Fsp3) is 0.429. The lowest BCUT2D eigenvalue weighted by Crippen LogP contribution is -2.42. The van der Waals surface area contributed by atoms with Crippen molar-refractivity contribution in [3.05, 3.63) is 46.5 Å². The average Bonchev–Trinajstić information content (AvgIpc) is 3.20. The van der Waals surface area contributed by atoms with Crippen LogP contribution >= 0.6 is 0 Å². The third-order valence-corrected chi connectivity index (χ3v) is 6.04. The van der Waals surface area contributed by atoms with Gasteiger partial charge in [0.15, 0.2) is 23.0 Å². The number of aliphatic hydroxyl groups is 1. The molecular formula is C21H23NO5. The second-order valence-electron chi connectivity index (χ2n) is 7.23. The number of fused-ring (bicyclic) bond motifs is 6. The molecule has 2 aromatic rings. The van der Waals surface area contributed by atoms with Crippen LogP contribution in [0, 0.1) is 0 Å². The Bertz CT molecular complexity index is 897. The topological polar surface area (TPSA) is 60.4 Å². The summed E-state index contributed by atoms with van der Waals surface area (Å²) in [6.45, 7) is 2.05. The molecule has 27 heavy (non-hydrogen) atoms. The Morgan fingerprint density at radius 2 is 1.93 bits per heavy atom. The van der Waals surface area contributed by atoms with Crippen molar-refractivity contribution in [3.63, 3.8) is 0 Å². The van der Waals surface area contributed by atoms with Crippen LogP contribution in [0.1, 0.15) is 34.2 Å². The van der Waals surface area contributed by atoms with Gasteiger partial charge in [0.05, 0.1) is 20.8 Å². The standard InChI is InChI=1S/C21H23NO5/c1-24-18-7-12-5-6-22-9-15-13(3-4-17-21(15)27-11-26-17)16(10-23)20(22)14(12)8-19(18)25-2/h3-4,7-8,16,20,23H,5-6,9-11H2,1-2H3/t16-,20+/m1/s1. The largest absolute Gasteiger partial charge is 0.493 e. The van der Waals surface area contributed by atoms with Crippen molar-refractivity contribution < 1.29 is 24.1 Å². The Morgan fingerprint density at radius 1 is 1.11 bits per heavy atom. The van der Waals surface area contributed by atoms with Crippen LogP contribution < -0.4 is 18.9 Å². The van der Waals surface area contributed by atoms with Gasteiger partial charge >= 0.3 is 0 Å². The second kappa shape index (κ2) is 6.32. The normalized spacial score (nSPS) is 22.6. The van der Waals surface area contributed by atoms with Crippen LogP contribution in [-0.2, 0) is 13.0 Å². The zero-order chi connectivity index (χ0) is 18.5. The summed E-state index contributed by atoms with van der Waals surface area (Å²) in [5, 5.41) is 10.3. The number of hydrogen-bond acceptors (Lipinski definition) is 6. The molecule has 3 aliphatic rings. The molecule has 3 aliphatic heterocycles. The summed E-state index contributed by atoms with van der Waals surface area (Å²) < 4.78 is 22.3. The van der Waals surface area contributed by atoms with Crippen molar-refractivity contribution in [2.45, 2.75) is 24.9 Å². The Hall–Kier alpha value is -2.44. The van der Waals surface area contributed by atoms with Crippen molar-refractivity contribution in [1.82, 2.24) is 4.90 Å². The van der Waals surface area contributed by atoms with Crippen LogP contribution in [0.4, 0.5) is 0 Å². The molecule has 5 rings (SSSR count). The van der Waals surface area contributed by atoms with Gasteiger partial charge in [-0.15, -0.1) is 0 Å². The highest BCUT2D eigenvalue weighted by molar-refractivity contribution is 5.57. The van der Waals surface area contributed by atoms with E-state index in [1.54, 1.807) is 14.2 Å². The van der Waals surface area contributed by atoms with Gasteiger partial charge in [-0.1, -0.05) is 6.07 Å². The number of benzene rings is 2. The van der Waals surface area contributed by atoms with Crippen molar-refractivity contribution in [3.8, 4) is 23.0 Å². The summed E-state index contributed by atoms with van der Waals surface area (Å²) in [6, 6.07) is 8.29. The predicted molar refractivity (Wildman–Crippen MR) is 98.8 cm³/mol. The first-order valence-corrected chi connectivity index (χ1v) is 9.26. The van der Waals surface area contributed by atoms with E-state index in [-0.39, 0.29) is 25.4 Å². The van der Waals surface area contributed by atoms with E-state index in [0.717, 1.165) is 53.6 Å². The lowest BCUT2D eigenvalue weighted by Gasteiger charge is -2.46. The summed E-state index contributed by atoms with van der Waals surface area (Å²) >= 11 is 0. The number of nitrogens with zero attached hydrogens (tertiary/aromatic N) is 1. The first kappa shape index (κ1) is 16.7. The molecule has 3 heterocycles. The van der Waals surface area contributed by atoms with Gasteiger partial charge in [-0.2, -0.15) is 0 Å².